The molecule has 1 fully saturated rings. The van der Waals surface area contributed by atoms with Gasteiger partial charge in [-0.25, -0.2) is 14.2 Å². The van der Waals surface area contributed by atoms with Crippen LogP contribution in [0.25, 0.3) is 10.6 Å². The summed E-state index contributed by atoms with van der Waals surface area (Å²) < 4.78 is 18.2. The fraction of sp³-hybridized carbons (Fsp3) is 0.389. The topological polar surface area (TPSA) is 59.5 Å². The van der Waals surface area contributed by atoms with Crippen LogP contribution in [0.15, 0.2) is 24.3 Å². The summed E-state index contributed by atoms with van der Waals surface area (Å²) in [4.78, 5) is 30.8. The Balaban J connectivity index is 1.64. The first kappa shape index (κ1) is 17.5. The number of carbonyl (C=O) groups excluding carboxylic acids is 2. The third kappa shape index (κ3) is 4.22. The normalized spacial score (nSPS) is 14.4. The van der Waals surface area contributed by atoms with Gasteiger partial charge >= 0.3 is 5.97 Å². The Bertz CT molecular complexity index is 767. The van der Waals surface area contributed by atoms with E-state index in [1.165, 1.54) is 23.5 Å². The van der Waals surface area contributed by atoms with Crippen molar-refractivity contribution in [2.45, 2.75) is 26.2 Å². The average Bonchev–Trinajstić information content (AvgIpc) is 3.02. The summed E-state index contributed by atoms with van der Waals surface area (Å²) >= 11 is 1.18. The van der Waals surface area contributed by atoms with Gasteiger partial charge in [0.2, 0.25) is 0 Å². The first-order valence-corrected chi connectivity index (χ1v) is 9.04. The number of aromatic nitrogens is 1. The van der Waals surface area contributed by atoms with Crippen LogP contribution >= 0.6 is 11.3 Å². The molecule has 1 aromatic heterocycles. The summed E-state index contributed by atoms with van der Waals surface area (Å²) in [5.74, 6) is -1.03. The van der Waals surface area contributed by atoms with E-state index in [0.29, 0.717) is 15.6 Å². The highest BCUT2D eigenvalue weighted by Gasteiger charge is 2.21. The van der Waals surface area contributed by atoms with Gasteiger partial charge in [0.05, 0.1) is 5.69 Å². The monoisotopic (exact) mass is 362 g/mol. The number of hydrogen-bond donors (Lipinski definition) is 0. The van der Waals surface area contributed by atoms with Crippen LogP contribution in [0, 0.1) is 12.7 Å². The molecule has 2 aromatic rings. The Kier molecular flexibility index (Phi) is 5.43. The zero-order valence-electron chi connectivity index (χ0n) is 14.0. The number of aryl methyl sites for hydroxylation is 1. The van der Waals surface area contributed by atoms with E-state index in [9.17, 15) is 14.0 Å². The largest absolute Gasteiger partial charge is 0.451 e. The SMILES string of the molecule is Cc1nc(-c2ccc(F)cc2)sc1C(=O)OCC(=O)N1CCCCC1. The van der Waals surface area contributed by atoms with Gasteiger partial charge in [-0.05, 0) is 50.5 Å². The summed E-state index contributed by atoms with van der Waals surface area (Å²) in [5, 5.41) is 0.617. The zero-order valence-corrected chi connectivity index (χ0v) is 14.8. The van der Waals surface area contributed by atoms with Crippen LogP contribution < -0.4 is 0 Å². The molecule has 5 nitrogen and oxygen atoms in total. The molecule has 2 heterocycles. The number of halogens is 1. The van der Waals surface area contributed by atoms with Gasteiger partial charge in [-0.15, -0.1) is 11.3 Å². The van der Waals surface area contributed by atoms with Gasteiger partial charge in [-0.3, -0.25) is 4.79 Å². The van der Waals surface area contributed by atoms with E-state index >= 15 is 0 Å². The molecule has 0 saturated carbocycles. The molecule has 3 rings (SSSR count). The third-order valence-corrected chi connectivity index (χ3v) is 5.30. The molecule has 0 atom stereocenters. The van der Waals surface area contributed by atoms with E-state index in [2.05, 4.69) is 4.98 Å². The summed E-state index contributed by atoms with van der Waals surface area (Å²) in [6.07, 6.45) is 3.12. The Labute approximate surface area is 149 Å². The van der Waals surface area contributed by atoms with Crippen LogP contribution in [0.3, 0.4) is 0 Å². The number of benzene rings is 1. The number of rotatable bonds is 4. The van der Waals surface area contributed by atoms with Crippen molar-refractivity contribution in [3.63, 3.8) is 0 Å². The Morgan fingerprint density at radius 2 is 1.88 bits per heavy atom. The second-order valence-corrected chi connectivity index (χ2v) is 6.96. The van der Waals surface area contributed by atoms with E-state index in [1.54, 1.807) is 24.0 Å². The first-order valence-electron chi connectivity index (χ1n) is 8.23. The van der Waals surface area contributed by atoms with Gasteiger partial charge in [0.1, 0.15) is 15.7 Å². The van der Waals surface area contributed by atoms with Crippen molar-refractivity contribution in [2.75, 3.05) is 19.7 Å². The molecule has 1 aliphatic heterocycles. The summed E-state index contributed by atoms with van der Waals surface area (Å²) in [6.45, 7) is 2.92. The predicted octanol–water partition coefficient (Wildman–Crippen LogP) is 3.43. The van der Waals surface area contributed by atoms with E-state index in [1.807, 2.05) is 0 Å². The predicted molar refractivity (Wildman–Crippen MR) is 93.0 cm³/mol. The maximum absolute atomic E-state index is 13.0. The number of carbonyl (C=O) groups is 2. The molecule has 1 aromatic carbocycles. The lowest BCUT2D eigenvalue weighted by Crippen LogP contribution is -2.38. The number of esters is 1. The second-order valence-electron chi connectivity index (χ2n) is 5.96. The van der Waals surface area contributed by atoms with Gasteiger partial charge in [-0.2, -0.15) is 0 Å². The quantitative estimate of drug-likeness (QED) is 0.782. The molecule has 0 N–H and O–H groups in total. The number of piperidine rings is 1. The molecule has 132 valence electrons. The Hall–Kier alpha value is -2.28. The van der Waals surface area contributed by atoms with Crippen molar-refractivity contribution in [3.05, 3.63) is 40.7 Å². The Morgan fingerprint density at radius 1 is 1.20 bits per heavy atom. The van der Waals surface area contributed by atoms with Crippen molar-refractivity contribution >= 4 is 23.2 Å². The smallest absolute Gasteiger partial charge is 0.350 e. The number of nitrogens with zero attached hydrogens (tertiary/aromatic N) is 2. The van der Waals surface area contributed by atoms with Crippen molar-refractivity contribution < 1.29 is 18.7 Å². The van der Waals surface area contributed by atoms with E-state index in [-0.39, 0.29) is 18.3 Å². The van der Waals surface area contributed by atoms with Crippen LogP contribution in [0.2, 0.25) is 0 Å². The molecule has 0 aliphatic carbocycles. The lowest BCUT2D eigenvalue weighted by Gasteiger charge is -2.26. The molecule has 1 saturated heterocycles. The van der Waals surface area contributed by atoms with E-state index in [0.717, 1.165) is 37.9 Å². The fourth-order valence-electron chi connectivity index (χ4n) is 2.73. The molecular weight excluding hydrogens is 343 g/mol. The van der Waals surface area contributed by atoms with E-state index < -0.39 is 5.97 Å². The van der Waals surface area contributed by atoms with Crippen LogP contribution in [-0.2, 0) is 9.53 Å². The molecule has 25 heavy (non-hydrogen) atoms. The number of thiazole rings is 1. The van der Waals surface area contributed by atoms with Crippen molar-refractivity contribution in [2.24, 2.45) is 0 Å². The van der Waals surface area contributed by atoms with Crippen LogP contribution in [-0.4, -0.2) is 41.5 Å². The molecule has 0 bridgehead atoms. The first-order chi connectivity index (χ1) is 12.0. The lowest BCUT2D eigenvalue weighted by molar-refractivity contribution is -0.135. The van der Waals surface area contributed by atoms with Gasteiger partial charge in [0, 0.05) is 18.7 Å². The third-order valence-electron chi connectivity index (χ3n) is 4.11. The van der Waals surface area contributed by atoms with Crippen molar-refractivity contribution in [1.82, 2.24) is 9.88 Å². The lowest BCUT2D eigenvalue weighted by atomic mass is 10.1. The number of amides is 1. The highest BCUT2D eigenvalue weighted by atomic mass is 32.1. The molecule has 1 aliphatic rings. The van der Waals surface area contributed by atoms with Crippen molar-refractivity contribution in [1.29, 1.82) is 0 Å². The van der Waals surface area contributed by atoms with Gasteiger partial charge in [0.15, 0.2) is 6.61 Å². The number of likely N-dealkylation sites (tertiary alicyclic amines) is 1. The van der Waals surface area contributed by atoms with Crippen LogP contribution in [0.1, 0.15) is 34.6 Å². The maximum atomic E-state index is 13.0. The molecule has 7 heteroatoms. The number of hydrogen-bond acceptors (Lipinski definition) is 5. The van der Waals surface area contributed by atoms with Gasteiger partial charge < -0.3 is 9.64 Å². The minimum atomic E-state index is -0.547. The second kappa shape index (κ2) is 7.74. The maximum Gasteiger partial charge on any atom is 0.350 e. The molecule has 0 radical (unpaired) electrons. The average molecular weight is 362 g/mol. The molecule has 1 amide bonds. The highest BCUT2D eigenvalue weighted by Crippen LogP contribution is 2.28. The number of ether oxygens (including phenoxy) is 1. The highest BCUT2D eigenvalue weighted by molar-refractivity contribution is 7.17. The van der Waals surface area contributed by atoms with Crippen LogP contribution in [0.5, 0.6) is 0 Å². The van der Waals surface area contributed by atoms with E-state index in [4.69, 9.17) is 4.74 Å². The summed E-state index contributed by atoms with van der Waals surface area (Å²) in [5.41, 5.74) is 1.28. The summed E-state index contributed by atoms with van der Waals surface area (Å²) in [6, 6.07) is 5.92. The molecule has 0 unspecified atom stereocenters. The minimum absolute atomic E-state index is 0.158. The zero-order chi connectivity index (χ0) is 17.8. The van der Waals surface area contributed by atoms with Gasteiger partial charge in [0.25, 0.3) is 5.91 Å². The summed E-state index contributed by atoms with van der Waals surface area (Å²) in [7, 11) is 0. The molecule has 0 spiro atoms. The van der Waals surface area contributed by atoms with Crippen LogP contribution in [0.4, 0.5) is 4.39 Å². The fourth-order valence-corrected chi connectivity index (χ4v) is 3.69. The van der Waals surface area contributed by atoms with Crippen molar-refractivity contribution in [3.8, 4) is 10.6 Å². The molecular formula is C18H19FN2O3S. The van der Waals surface area contributed by atoms with Gasteiger partial charge in [-0.1, -0.05) is 0 Å². The standard InChI is InChI=1S/C18H19FN2O3S/c1-12-16(25-17(20-12)13-5-7-14(19)8-6-13)18(23)24-11-15(22)21-9-3-2-4-10-21/h5-8H,2-4,9-11H2,1H3. The minimum Gasteiger partial charge on any atom is -0.451 e. The Morgan fingerprint density at radius 3 is 2.56 bits per heavy atom.